The van der Waals surface area contributed by atoms with Gasteiger partial charge in [-0.05, 0) is 42.6 Å². The zero-order valence-corrected chi connectivity index (χ0v) is 18.6. The number of hydrogen-bond donors (Lipinski definition) is 1. The first-order valence-electron chi connectivity index (χ1n) is 8.57. The van der Waals surface area contributed by atoms with Crippen molar-refractivity contribution in [3.05, 3.63) is 0 Å². The Balaban J connectivity index is 4.07. The number of rotatable bonds is 7. The van der Waals surface area contributed by atoms with Gasteiger partial charge in [0, 0.05) is 6.42 Å². The van der Waals surface area contributed by atoms with Crippen LogP contribution in [0.5, 0.6) is 0 Å². The molecule has 0 bridgehead atoms. The third kappa shape index (κ3) is 6.96. The van der Waals surface area contributed by atoms with Gasteiger partial charge >= 0.3 is 0 Å². The molecule has 0 aliphatic carbocycles. The Morgan fingerprint density at radius 2 is 1.41 bits per heavy atom. The Labute approximate surface area is 140 Å². The standard InChI is InChI=1S/C17H39NO2Si2/c1-16(2,3)21(7,8)18-14-12-11-13-15(19)20-22(9,10)17(4,5)6/h18H,11-14H2,1-10H3. The predicted octanol–water partition coefficient (Wildman–Crippen LogP) is 5.30. The molecule has 0 aromatic carbocycles. The van der Waals surface area contributed by atoms with Crippen LogP contribution >= 0.6 is 0 Å². The molecule has 1 N–H and O–H groups in total. The van der Waals surface area contributed by atoms with Crippen LogP contribution in [0, 0.1) is 0 Å². The fourth-order valence-electron chi connectivity index (χ4n) is 1.55. The molecule has 0 aliphatic heterocycles. The SMILES string of the molecule is CC(C)(C)[Si](C)(C)NCCCCC(=O)O[Si](C)(C)C(C)(C)C. The van der Waals surface area contributed by atoms with E-state index in [0.717, 1.165) is 19.4 Å². The third-order valence-corrected chi connectivity index (χ3v) is 14.7. The summed E-state index contributed by atoms with van der Waals surface area (Å²) in [5.41, 5.74) is 0. The van der Waals surface area contributed by atoms with Gasteiger partial charge in [0.1, 0.15) is 8.24 Å². The molecule has 0 saturated heterocycles. The van der Waals surface area contributed by atoms with Gasteiger partial charge < -0.3 is 9.41 Å². The summed E-state index contributed by atoms with van der Waals surface area (Å²) in [6.07, 6.45) is 2.50. The monoisotopic (exact) mass is 345 g/mol. The largest absolute Gasteiger partial charge is 0.519 e. The molecule has 0 spiro atoms. The molecule has 0 radical (unpaired) electrons. The first-order valence-corrected chi connectivity index (χ1v) is 14.5. The molecule has 5 heteroatoms. The van der Waals surface area contributed by atoms with Gasteiger partial charge in [0.05, 0.1) is 0 Å². The average Bonchev–Trinajstić information content (AvgIpc) is 2.24. The van der Waals surface area contributed by atoms with Crippen molar-refractivity contribution in [2.24, 2.45) is 0 Å². The molecule has 22 heavy (non-hydrogen) atoms. The van der Waals surface area contributed by atoms with Crippen LogP contribution in [0.3, 0.4) is 0 Å². The van der Waals surface area contributed by atoms with E-state index in [4.69, 9.17) is 4.43 Å². The van der Waals surface area contributed by atoms with Crippen molar-refractivity contribution < 1.29 is 9.22 Å². The number of carbonyl (C=O) groups is 1. The molecule has 0 atom stereocenters. The van der Waals surface area contributed by atoms with E-state index in [9.17, 15) is 4.79 Å². The lowest BCUT2D eigenvalue weighted by Gasteiger charge is -2.37. The Morgan fingerprint density at radius 1 is 0.909 bits per heavy atom. The molecule has 0 fully saturated rings. The maximum atomic E-state index is 12.0. The minimum absolute atomic E-state index is 0.0149. The smallest absolute Gasteiger partial charge is 0.292 e. The van der Waals surface area contributed by atoms with Crippen LogP contribution in [-0.2, 0) is 9.22 Å². The van der Waals surface area contributed by atoms with E-state index in [1.54, 1.807) is 0 Å². The molecule has 0 aromatic rings. The van der Waals surface area contributed by atoms with Crippen molar-refractivity contribution >= 4 is 22.5 Å². The van der Waals surface area contributed by atoms with Crippen molar-refractivity contribution in [2.45, 2.75) is 97.1 Å². The number of carbonyl (C=O) groups excluding carboxylic acids is 1. The molecule has 0 unspecified atom stereocenters. The van der Waals surface area contributed by atoms with Crippen LogP contribution in [0.1, 0.15) is 60.8 Å². The van der Waals surface area contributed by atoms with Crippen LogP contribution in [0.15, 0.2) is 0 Å². The highest BCUT2D eigenvalue weighted by Gasteiger charge is 2.40. The van der Waals surface area contributed by atoms with E-state index in [1.807, 2.05) is 0 Å². The highest BCUT2D eigenvalue weighted by Crippen LogP contribution is 2.37. The van der Waals surface area contributed by atoms with Crippen LogP contribution in [0.2, 0.25) is 36.3 Å². The Bertz CT molecular complexity index is 366. The predicted molar refractivity (Wildman–Crippen MR) is 102 cm³/mol. The summed E-state index contributed by atoms with van der Waals surface area (Å²) in [7, 11) is -3.35. The normalized spacial score (nSPS) is 14.1. The third-order valence-electron chi connectivity index (χ3n) is 5.42. The first-order chi connectivity index (χ1) is 9.60. The van der Waals surface area contributed by atoms with Crippen molar-refractivity contribution in [2.75, 3.05) is 6.54 Å². The minimum Gasteiger partial charge on any atom is -0.519 e. The molecular weight excluding hydrogens is 306 g/mol. The summed E-state index contributed by atoms with van der Waals surface area (Å²) in [4.78, 5) is 15.8. The van der Waals surface area contributed by atoms with Gasteiger partial charge in [0.2, 0.25) is 0 Å². The Kier molecular flexibility index (Phi) is 7.58. The number of unbranched alkanes of at least 4 members (excludes halogenated alkanes) is 1. The summed E-state index contributed by atoms with van der Waals surface area (Å²) in [5, 5.41) is 0.445. The molecule has 0 aliphatic rings. The lowest BCUT2D eigenvalue weighted by molar-refractivity contribution is -0.135. The van der Waals surface area contributed by atoms with E-state index in [2.05, 4.69) is 72.7 Å². The van der Waals surface area contributed by atoms with Crippen molar-refractivity contribution in [1.82, 2.24) is 4.98 Å². The zero-order valence-electron chi connectivity index (χ0n) is 16.6. The van der Waals surface area contributed by atoms with Crippen LogP contribution in [0.25, 0.3) is 0 Å². The summed E-state index contributed by atoms with van der Waals surface area (Å²) in [5.74, 6) is -0.0149. The molecule has 0 rings (SSSR count). The van der Waals surface area contributed by atoms with E-state index < -0.39 is 16.6 Å². The van der Waals surface area contributed by atoms with Gasteiger partial charge in [-0.15, -0.1) is 0 Å². The van der Waals surface area contributed by atoms with Gasteiger partial charge in [-0.1, -0.05) is 54.6 Å². The Morgan fingerprint density at radius 3 is 1.82 bits per heavy atom. The van der Waals surface area contributed by atoms with E-state index >= 15 is 0 Å². The van der Waals surface area contributed by atoms with Crippen molar-refractivity contribution in [3.8, 4) is 0 Å². The lowest BCUT2D eigenvalue weighted by atomic mass is 10.2. The Hall–Kier alpha value is -0.136. The first kappa shape index (κ1) is 21.9. The van der Waals surface area contributed by atoms with Crippen LogP contribution < -0.4 is 4.98 Å². The van der Waals surface area contributed by atoms with Crippen LogP contribution in [-0.4, -0.2) is 29.1 Å². The van der Waals surface area contributed by atoms with Gasteiger partial charge in [-0.2, -0.15) is 0 Å². The van der Waals surface area contributed by atoms with Crippen molar-refractivity contribution in [3.63, 3.8) is 0 Å². The fraction of sp³-hybridized carbons (Fsp3) is 0.941. The average molecular weight is 346 g/mol. The highest BCUT2D eigenvalue weighted by atomic mass is 28.4. The second kappa shape index (κ2) is 7.62. The van der Waals surface area contributed by atoms with Gasteiger partial charge in [0.25, 0.3) is 14.3 Å². The quantitative estimate of drug-likeness (QED) is 0.502. The van der Waals surface area contributed by atoms with Gasteiger partial charge in [0.15, 0.2) is 0 Å². The summed E-state index contributed by atoms with van der Waals surface area (Å²) >= 11 is 0. The second-order valence-corrected chi connectivity index (χ2v) is 19.3. The molecule has 0 saturated carbocycles. The lowest BCUT2D eigenvalue weighted by Crippen LogP contribution is -2.52. The summed E-state index contributed by atoms with van der Waals surface area (Å²) in [6.45, 7) is 23.4. The second-order valence-electron chi connectivity index (χ2n) is 9.49. The number of hydrogen-bond acceptors (Lipinski definition) is 3. The van der Waals surface area contributed by atoms with E-state index in [0.29, 0.717) is 11.5 Å². The summed E-state index contributed by atoms with van der Waals surface area (Å²) in [6, 6.07) is 0. The zero-order chi connectivity index (χ0) is 17.8. The topological polar surface area (TPSA) is 38.3 Å². The molecule has 0 amide bonds. The number of nitrogens with one attached hydrogen (secondary N) is 1. The maximum Gasteiger partial charge on any atom is 0.292 e. The molecular formula is C17H39NO2Si2. The maximum absolute atomic E-state index is 12.0. The molecule has 0 heterocycles. The van der Waals surface area contributed by atoms with E-state index in [-0.39, 0.29) is 11.0 Å². The molecule has 132 valence electrons. The highest BCUT2D eigenvalue weighted by molar-refractivity contribution is 6.77. The van der Waals surface area contributed by atoms with Gasteiger partial charge in [-0.25, -0.2) is 0 Å². The minimum atomic E-state index is -1.95. The fourth-order valence-corrected chi connectivity index (χ4v) is 3.86. The van der Waals surface area contributed by atoms with E-state index in [1.165, 1.54) is 0 Å². The summed E-state index contributed by atoms with van der Waals surface area (Å²) < 4.78 is 5.79. The molecule has 0 aromatic heterocycles. The molecule has 3 nitrogen and oxygen atoms in total. The van der Waals surface area contributed by atoms with Crippen molar-refractivity contribution in [1.29, 1.82) is 0 Å². The van der Waals surface area contributed by atoms with Crippen LogP contribution in [0.4, 0.5) is 0 Å². The van der Waals surface area contributed by atoms with Gasteiger partial charge in [-0.3, -0.25) is 4.79 Å².